The first-order valence-electron chi connectivity index (χ1n) is 9.96. The monoisotopic (exact) mass is 522 g/mol. The van der Waals surface area contributed by atoms with Crippen LogP contribution in [-0.4, -0.2) is 37.7 Å². The summed E-state index contributed by atoms with van der Waals surface area (Å²) in [6, 6.07) is 0.444. The highest BCUT2D eigenvalue weighted by Gasteiger charge is 2.51. The van der Waals surface area contributed by atoms with Crippen LogP contribution in [-0.2, 0) is 14.2 Å². The van der Waals surface area contributed by atoms with Gasteiger partial charge in [-0.1, -0.05) is 61.7 Å². The van der Waals surface area contributed by atoms with Crippen LogP contribution < -0.4 is 16.0 Å². The number of carbonyl (C=O) groups excluding carboxylic acids is 1. The Labute approximate surface area is 202 Å². The van der Waals surface area contributed by atoms with E-state index in [1.807, 2.05) is 0 Å². The Kier molecular flexibility index (Phi) is 6.93. The van der Waals surface area contributed by atoms with E-state index in [1.54, 1.807) is 18.4 Å². The molecule has 3 N–H and O–H groups in total. The number of halogens is 4. The number of nitrogens with zero attached hydrogens (tertiary/aromatic N) is 1. The number of carbonyl (C=O) groups is 1. The van der Waals surface area contributed by atoms with Crippen molar-refractivity contribution in [2.75, 3.05) is 18.5 Å². The average Bonchev–Trinajstić information content (AvgIpc) is 2.66. The van der Waals surface area contributed by atoms with E-state index in [-0.39, 0.29) is 28.6 Å². The molecule has 176 valence electrons. The fraction of sp³-hybridized carbons (Fsp3) is 0.500. The van der Waals surface area contributed by atoms with Crippen molar-refractivity contribution in [3.8, 4) is 0 Å². The van der Waals surface area contributed by atoms with Crippen LogP contribution in [0.3, 0.4) is 0 Å². The van der Waals surface area contributed by atoms with Crippen LogP contribution in [0.15, 0.2) is 30.0 Å². The summed E-state index contributed by atoms with van der Waals surface area (Å²) in [5, 5.41) is 6.00. The standard InChI is InChI=1S/C20H26Cl3FN4O3Si/c1-18(2,3)32(4,5)31-10-9-30-20(23)14(7-6-8-25-20)19(22)12-11-13(24)15(21)26-16(12)27-17(29)28-19/h6-8,11,25H,9-10H2,1-5H3,(H2,26,27,28,29). The summed E-state index contributed by atoms with van der Waals surface area (Å²) < 4.78 is 26.3. The zero-order valence-electron chi connectivity index (χ0n) is 18.4. The van der Waals surface area contributed by atoms with E-state index in [0.717, 1.165) is 6.07 Å². The van der Waals surface area contributed by atoms with Gasteiger partial charge < -0.3 is 19.8 Å². The molecule has 0 radical (unpaired) electrons. The third-order valence-corrected chi connectivity index (χ3v) is 11.5. The van der Waals surface area contributed by atoms with Crippen LogP contribution in [0.1, 0.15) is 26.3 Å². The molecule has 0 aliphatic carbocycles. The minimum absolute atomic E-state index is 0.0193. The van der Waals surface area contributed by atoms with Crippen LogP contribution in [0.4, 0.5) is 15.0 Å². The van der Waals surface area contributed by atoms with Gasteiger partial charge in [0.25, 0.3) is 0 Å². The van der Waals surface area contributed by atoms with E-state index in [2.05, 4.69) is 54.8 Å². The predicted molar refractivity (Wildman–Crippen MR) is 127 cm³/mol. The maximum Gasteiger partial charge on any atom is 0.322 e. The van der Waals surface area contributed by atoms with Gasteiger partial charge in [0, 0.05) is 17.3 Å². The lowest BCUT2D eigenvalue weighted by atomic mass is 9.93. The molecule has 32 heavy (non-hydrogen) atoms. The number of ether oxygens (including phenoxy) is 1. The summed E-state index contributed by atoms with van der Waals surface area (Å²) in [5.41, 5.74) is 0.359. The molecule has 1 aromatic rings. The third kappa shape index (κ3) is 4.78. The summed E-state index contributed by atoms with van der Waals surface area (Å²) in [6.45, 7) is 11.2. The van der Waals surface area contributed by atoms with Gasteiger partial charge in [-0.15, -0.1) is 0 Å². The van der Waals surface area contributed by atoms with Crippen molar-refractivity contribution in [1.29, 1.82) is 0 Å². The molecule has 0 bridgehead atoms. The third-order valence-electron chi connectivity index (χ3n) is 5.82. The highest BCUT2D eigenvalue weighted by Crippen LogP contribution is 2.47. The number of dihydropyridines is 1. The molecule has 2 unspecified atom stereocenters. The van der Waals surface area contributed by atoms with E-state index in [4.69, 9.17) is 44.0 Å². The van der Waals surface area contributed by atoms with Gasteiger partial charge in [0.2, 0.25) is 5.18 Å². The lowest BCUT2D eigenvalue weighted by Crippen LogP contribution is -2.57. The molecule has 2 amide bonds. The molecule has 2 aliphatic rings. The van der Waals surface area contributed by atoms with Crippen molar-refractivity contribution in [3.05, 3.63) is 46.5 Å². The molecule has 0 saturated carbocycles. The van der Waals surface area contributed by atoms with Gasteiger partial charge in [-0.3, -0.25) is 5.32 Å². The van der Waals surface area contributed by atoms with Crippen LogP contribution in [0.25, 0.3) is 0 Å². The van der Waals surface area contributed by atoms with Crippen LogP contribution in [0.2, 0.25) is 23.3 Å². The van der Waals surface area contributed by atoms with Gasteiger partial charge in [0.1, 0.15) is 5.82 Å². The molecule has 1 aromatic heterocycles. The second-order valence-electron chi connectivity index (χ2n) is 9.03. The number of amides is 2. The second kappa shape index (κ2) is 8.77. The van der Waals surface area contributed by atoms with E-state index < -0.39 is 35.5 Å². The molecule has 0 saturated heterocycles. The lowest BCUT2D eigenvalue weighted by Gasteiger charge is -2.43. The summed E-state index contributed by atoms with van der Waals surface area (Å²) in [6.07, 6.45) is 4.81. The summed E-state index contributed by atoms with van der Waals surface area (Å²) in [5.74, 6) is -0.775. The number of alkyl halides is 2. The van der Waals surface area contributed by atoms with E-state index in [9.17, 15) is 9.18 Å². The van der Waals surface area contributed by atoms with Crippen LogP contribution in [0, 0.1) is 5.82 Å². The molecule has 0 spiro atoms. The SMILES string of the molecule is CC(C)(C)[Si](C)(C)OCCOC1(Cl)NC=CC=C1C1(Cl)NC(=O)Nc2nc(Cl)c(F)cc21. The highest BCUT2D eigenvalue weighted by atomic mass is 35.5. The number of nitrogens with one attached hydrogen (secondary N) is 3. The van der Waals surface area contributed by atoms with Gasteiger partial charge in [0.05, 0.1) is 13.2 Å². The summed E-state index contributed by atoms with van der Waals surface area (Å²) in [7, 11) is -1.97. The number of pyridine rings is 1. The summed E-state index contributed by atoms with van der Waals surface area (Å²) >= 11 is 19.5. The quantitative estimate of drug-likeness (QED) is 0.153. The molecule has 12 heteroatoms. The van der Waals surface area contributed by atoms with Crippen molar-refractivity contribution < 1.29 is 18.3 Å². The first-order valence-corrected chi connectivity index (χ1v) is 14.0. The van der Waals surface area contributed by atoms with E-state index in [0.29, 0.717) is 6.61 Å². The molecule has 0 fully saturated rings. The maximum absolute atomic E-state index is 14.2. The summed E-state index contributed by atoms with van der Waals surface area (Å²) in [4.78, 5) is 14.4. The molecule has 2 aliphatic heterocycles. The molecule has 0 aromatic carbocycles. The first-order chi connectivity index (χ1) is 14.7. The number of hydrogen-bond acceptors (Lipinski definition) is 5. The predicted octanol–water partition coefficient (Wildman–Crippen LogP) is 5.38. The van der Waals surface area contributed by atoms with Gasteiger partial charge >= 0.3 is 6.03 Å². The van der Waals surface area contributed by atoms with Crippen molar-refractivity contribution in [1.82, 2.24) is 15.6 Å². The Morgan fingerprint density at radius 1 is 1.25 bits per heavy atom. The van der Waals surface area contributed by atoms with Crippen molar-refractivity contribution in [2.24, 2.45) is 0 Å². The smallest absolute Gasteiger partial charge is 0.322 e. The minimum atomic E-state index is -1.97. The number of allylic oxidation sites excluding steroid dienone is 2. The number of hydrogen-bond donors (Lipinski definition) is 3. The number of rotatable bonds is 6. The minimum Gasteiger partial charge on any atom is -0.414 e. The Morgan fingerprint density at radius 3 is 2.59 bits per heavy atom. The Bertz CT molecular complexity index is 986. The van der Waals surface area contributed by atoms with E-state index in [1.165, 1.54) is 0 Å². The first kappa shape index (κ1) is 25.3. The Morgan fingerprint density at radius 2 is 1.94 bits per heavy atom. The molecule has 3 heterocycles. The molecule has 3 rings (SSSR count). The van der Waals surface area contributed by atoms with Crippen molar-refractivity contribution in [2.45, 2.75) is 49.1 Å². The van der Waals surface area contributed by atoms with Gasteiger partial charge in [-0.25, -0.2) is 14.2 Å². The van der Waals surface area contributed by atoms with Crippen LogP contribution >= 0.6 is 34.8 Å². The number of fused-ring (bicyclic) bond motifs is 1. The molecular formula is C20H26Cl3FN4O3Si. The highest BCUT2D eigenvalue weighted by molar-refractivity contribution is 6.74. The lowest BCUT2D eigenvalue weighted by molar-refractivity contribution is 0.00508. The molecule has 2 atom stereocenters. The number of urea groups is 1. The average molecular weight is 524 g/mol. The van der Waals surface area contributed by atoms with Crippen molar-refractivity contribution in [3.63, 3.8) is 0 Å². The normalized spacial score (nSPS) is 25.4. The Hall–Kier alpha value is -1.36. The number of aromatic nitrogens is 1. The van der Waals surface area contributed by atoms with Crippen LogP contribution in [0.5, 0.6) is 0 Å². The second-order valence-corrected chi connectivity index (χ2v) is 15.3. The van der Waals surface area contributed by atoms with Gasteiger partial charge in [-0.2, -0.15) is 0 Å². The van der Waals surface area contributed by atoms with Gasteiger partial charge in [-0.05, 0) is 30.3 Å². The molecule has 7 nitrogen and oxygen atoms in total. The largest absolute Gasteiger partial charge is 0.414 e. The maximum atomic E-state index is 14.2. The number of anilines is 1. The Balaban J connectivity index is 1.87. The fourth-order valence-electron chi connectivity index (χ4n) is 3.04. The zero-order chi connectivity index (χ0) is 23.9. The topological polar surface area (TPSA) is 84.5 Å². The fourth-order valence-corrected chi connectivity index (χ4v) is 5.02. The molecular weight excluding hydrogens is 498 g/mol. The zero-order valence-corrected chi connectivity index (χ0v) is 21.7. The van der Waals surface area contributed by atoms with Gasteiger partial charge in [0.15, 0.2) is 24.3 Å². The van der Waals surface area contributed by atoms with Crippen molar-refractivity contribution >= 4 is 55.0 Å². The van der Waals surface area contributed by atoms with E-state index >= 15 is 0 Å².